The number of hydrogen-bond donors (Lipinski definition) is 1. The highest BCUT2D eigenvalue weighted by Crippen LogP contribution is 2.14. The molecule has 8 nitrogen and oxygen atoms in total. The Bertz CT molecular complexity index is 600. The molecule has 0 bridgehead atoms. The van der Waals surface area contributed by atoms with Gasteiger partial charge in [-0.2, -0.15) is 0 Å². The second-order valence-electron chi connectivity index (χ2n) is 4.78. The quantitative estimate of drug-likeness (QED) is 0.570. The fourth-order valence-electron chi connectivity index (χ4n) is 1.83. The molecule has 1 rings (SSSR count). The minimum atomic E-state index is -1.37. The molecule has 0 spiro atoms. The molecule has 24 heavy (non-hydrogen) atoms. The van der Waals surface area contributed by atoms with Crippen molar-refractivity contribution >= 4 is 23.8 Å². The molecule has 0 radical (unpaired) electrons. The van der Waals surface area contributed by atoms with Crippen LogP contribution in [-0.4, -0.2) is 43.6 Å². The monoisotopic (exact) mass is 337 g/mol. The van der Waals surface area contributed by atoms with E-state index in [2.05, 4.69) is 10.1 Å². The van der Waals surface area contributed by atoms with Crippen LogP contribution in [0.5, 0.6) is 0 Å². The van der Waals surface area contributed by atoms with Crippen LogP contribution < -0.4 is 5.32 Å². The maximum atomic E-state index is 12.3. The smallest absolute Gasteiger partial charge is 0.333 e. The van der Waals surface area contributed by atoms with Crippen LogP contribution in [-0.2, 0) is 33.4 Å². The molecule has 0 fully saturated rings. The van der Waals surface area contributed by atoms with Gasteiger partial charge in [0.2, 0.25) is 6.10 Å². The molecule has 0 aliphatic heterocycles. The van der Waals surface area contributed by atoms with Crippen LogP contribution in [0.4, 0.5) is 0 Å². The number of rotatable bonds is 7. The zero-order valence-electron chi connectivity index (χ0n) is 13.6. The SMILES string of the molecule is COC(=O)[C@H](NC(=O)[C@H](COC(C)=O)OC(C)=O)c1ccccc1. The van der Waals surface area contributed by atoms with Crippen LogP contribution in [0.25, 0.3) is 0 Å². The fraction of sp³-hybridized carbons (Fsp3) is 0.375. The van der Waals surface area contributed by atoms with Gasteiger partial charge in [-0.25, -0.2) is 4.79 Å². The highest BCUT2D eigenvalue weighted by Gasteiger charge is 2.29. The molecule has 1 amide bonds. The summed E-state index contributed by atoms with van der Waals surface area (Å²) in [6.45, 7) is 1.82. The van der Waals surface area contributed by atoms with E-state index in [0.717, 1.165) is 13.8 Å². The van der Waals surface area contributed by atoms with Gasteiger partial charge in [-0.15, -0.1) is 0 Å². The lowest BCUT2D eigenvalue weighted by molar-refractivity contribution is -0.163. The molecule has 0 heterocycles. The predicted octanol–water partition coefficient (Wildman–Crippen LogP) is 0.512. The molecule has 1 aromatic rings. The lowest BCUT2D eigenvalue weighted by Gasteiger charge is -2.21. The van der Waals surface area contributed by atoms with Gasteiger partial charge in [0.05, 0.1) is 7.11 Å². The molecule has 2 atom stereocenters. The summed E-state index contributed by atoms with van der Waals surface area (Å²) in [6.07, 6.45) is -1.37. The summed E-state index contributed by atoms with van der Waals surface area (Å²) in [4.78, 5) is 46.2. The number of hydrogen-bond acceptors (Lipinski definition) is 7. The molecule has 8 heteroatoms. The standard InChI is InChI=1S/C16H19NO7/c1-10(18)23-9-13(24-11(2)19)15(20)17-14(16(21)22-3)12-7-5-4-6-8-12/h4-8,13-14H,9H2,1-3H3,(H,17,20)/t13-,14+/m0/s1. The molecular weight excluding hydrogens is 318 g/mol. The molecule has 0 aliphatic carbocycles. The molecule has 1 N–H and O–H groups in total. The molecule has 0 saturated carbocycles. The first-order chi connectivity index (χ1) is 11.3. The number of carbonyl (C=O) groups is 4. The Hall–Kier alpha value is -2.90. The number of nitrogens with one attached hydrogen (secondary N) is 1. The zero-order chi connectivity index (χ0) is 18.1. The molecule has 0 unspecified atom stereocenters. The van der Waals surface area contributed by atoms with Crippen molar-refractivity contribution in [3.63, 3.8) is 0 Å². The van der Waals surface area contributed by atoms with E-state index < -0.39 is 42.6 Å². The topological polar surface area (TPSA) is 108 Å². The van der Waals surface area contributed by atoms with Crippen molar-refractivity contribution in [1.29, 1.82) is 0 Å². The van der Waals surface area contributed by atoms with Crippen LogP contribution in [0.15, 0.2) is 30.3 Å². The van der Waals surface area contributed by atoms with Gasteiger partial charge in [-0.1, -0.05) is 30.3 Å². The lowest BCUT2D eigenvalue weighted by Crippen LogP contribution is -2.44. The van der Waals surface area contributed by atoms with Crippen LogP contribution in [0.3, 0.4) is 0 Å². The molecule has 0 aromatic heterocycles. The number of esters is 3. The van der Waals surface area contributed by atoms with Gasteiger partial charge in [0, 0.05) is 13.8 Å². The Balaban J connectivity index is 2.92. The van der Waals surface area contributed by atoms with Crippen molar-refractivity contribution in [2.75, 3.05) is 13.7 Å². The van der Waals surface area contributed by atoms with Crippen molar-refractivity contribution < 1.29 is 33.4 Å². The zero-order valence-corrected chi connectivity index (χ0v) is 13.6. The summed E-state index contributed by atoms with van der Waals surface area (Å²) in [5.74, 6) is -2.83. The van der Waals surface area contributed by atoms with Gasteiger partial charge in [0.15, 0.2) is 6.04 Å². The van der Waals surface area contributed by atoms with Gasteiger partial charge in [-0.3, -0.25) is 14.4 Å². The van der Waals surface area contributed by atoms with Crippen LogP contribution in [0.2, 0.25) is 0 Å². The third-order valence-corrected chi connectivity index (χ3v) is 2.90. The summed E-state index contributed by atoms with van der Waals surface area (Å²) in [5.41, 5.74) is 0.492. The summed E-state index contributed by atoms with van der Waals surface area (Å²) < 4.78 is 14.2. The molecule has 0 saturated heterocycles. The van der Waals surface area contributed by atoms with Gasteiger partial charge in [0.1, 0.15) is 6.61 Å². The first-order valence-electron chi connectivity index (χ1n) is 7.09. The van der Waals surface area contributed by atoms with E-state index in [1.807, 2.05) is 0 Å². The van der Waals surface area contributed by atoms with Gasteiger partial charge >= 0.3 is 17.9 Å². The van der Waals surface area contributed by atoms with Crippen molar-refractivity contribution in [2.45, 2.75) is 26.0 Å². The van der Waals surface area contributed by atoms with E-state index in [-0.39, 0.29) is 0 Å². The van der Waals surface area contributed by atoms with E-state index >= 15 is 0 Å². The molecular formula is C16H19NO7. The number of ether oxygens (including phenoxy) is 3. The molecule has 130 valence electrons. The average Bonchev–Trinajstić information content (AvgIpc) is 2.55. The van der Waals surface area contributed by atoms with Gasteiger partial charge in [-0.05, 0) is 5.56 Å². The maximum Gasteiger partial charge on any atom is 0.333 e. The van der Waals surface area contributed by atoms with Crippen molar-refractivity contribution in [1.82, 2.24) is 5.32 Å². The summed E-state index contributed by atoms with van der Waals surface area (Å²) in [7, 11) is 1.19. The average molecular weight is 337 g/mol. The van der Waals surface area contributed by atoms with E-state index in [0.29, 0.717) is 5.56 Å². The van der Waals surface area contributed by atoms with Gasteiger partial charge < -0.3 is 19.5 Å². The first kappa shape index (κ1) is 19.1. The normalized spacial score (nSPS) is 12.5. The number of methoxy groups -OCH3 is 1. The minimum Gasteiger partial charge on any atom is -0.467 e. The van der Waals surface area contributed by atoms with Crippen LogP contribution >= 0.6 is 0 Å². The van der Waals surface area contributed by atoms with Crippen molar-refractivity contribution in [2.24, 2.45) is 0 Å². The number of carbonyl (C=O) groups excluding carboxylic acids is 4. The van der Waals surface area contributed by atoms with Crippen molar-refractivity contribution in [3.8, 4) is 0 Å². The number of amides is 1. The maximum absolute atomic E-state index is 12.3. The highest BCUT2D eigenvalue weighted by molar-refractivity contribution is 5.89. The highest BCUT2D eigenvalue weighted by atomic mass is 16.6. The van der Waals surface area contributed by atoms with E-state index in [9.17, 15) is 19.2 Å². The Morgan fingerprint density at radius 3 is 2.17 bits per heavy atom. The molecule has 1 aromatic carbocycles. The van der Waals surface area contributed by atoms with Crippen LogP contribution in [0.1, 0.15) is 25.5 Å². The summed E-state index contributed by atoms with van der Waals surface area (Å²) >= 11 is 0. The molecule has 0 aliphatic rings. The second kappa shape index (κ2) is 9.29. The van der Waals surface area contributed by atoms with Gasteiger partial charge in [0.25, 0.3) is 5.91 Å². The van der Waals surface area contributed by atoms with Crippen molar-refractivity contribution in [3.05, 3.63) is 35.9 Å². The second-order valence-corrected chi connectivity index (χ2v) is 4.78. The summed E-state index contributed by atoms with van der Waals surface area (Å²) in [6, 6.07) is 7.32. The predicted molar refractivity (Wildman–Crippen MR) is 81.5 cm³/mol. The Morgan fingerprint density at radius 2 is 1.67 bits per heavy atom. The Labute approximate surface area is 139 Å². The number of benzene rings is 1. The first-order valence-corrected chi connectivity index (χ1v) is 7.09. The van der Waals surface area contributed by atoms with E-state index in [1.54, 1.807) is 30.3 Å². The van der Waals surface area contributed by atoms with Crippen LogP contribution in [0, 0.1) is 0 Å². The third kappa shape index (κ3) is 6.07. The largest absolute Gasteiger partial charge is 0.467 e. The van der Waals surface area contributed by atoms with E-state index in [1.165, 1.54) is 7.11 Å². The fourth-order valence-corrected chi connectivity index (χ4v) is 1.83. The summed E-state index contributed by atoms with van der Waals surface area (Å²) in [5, 5.41) is 2.43. The minimum absolute atomic E-state index is 0.455. The third-order valence-electron chi connectivity index (χ3n) is 2.90. The van der Waals surface area contributed by atoms with E-state index in [4.69, 9.17) is 9.47 Å². The Kier molecular flexibility index (Phi) is 7.41. The lowest BCUT2D eigenvalue weighted by atomic mass is 10.1. The Morgan fingerprint density at radius 1 is 1.04 bits per heavy atom.